The minimum Gasteiger partial charge on any atom is -0.363 e. The zero-order valence-electron chi connectivity index (χ0n) is 16.3. The molecule has 3 heterocycles. The van der Waals surface area contributed by atoms with Gasteiger partial charge in [0.2, 0.25) is 5.91 Å². The maximum atomic E-state index is 12.5. The molecule has 27 heavy (non-hydrogen) atoms. The van der Waals surface area contributed by atoms with Crippen LogP contribution in [-0.2, 0) is 16.0 Å². The Balaban J connectivity index is 1.21. The molecule has 5 heteroatoms. The number of hydrogen-bond acceptors (Lipinski definition) is 4. The van der Waals surface area contributed by atoms with Gasteiger partial charge in [0.05, 0.1) is 6.10 Å². The predicted molar refractivity (Wildman–Crippen MR) is 105 cm³/mol. The maximum absolute atomic E-state index is 12.5. The molecular weight excluding hydrogens is 338 g/mol. The van der Waals surface area contributed by atoms with Crippen molar-refractivity contribution in [3.63, 3.8) is 0 Å². The van der Waals surface area contributed by atoms with Gasteiger partial charge >= 0.3 is 0 Å². The molecule has 4 rings (SSSR count). The summed E-state index contributed by atoms with van der Waals surface area (Å²) in [6, 6.07) is 6.42. The zero-order valence-corrected chi connectivity index (χ0v) is 16.3. The van der Waals surface area contributed by atoms with E-state index in [9.17, 15) is 4.79 Å². The third kappa shape index (κ3) is 4.88. The summed E-state index contributed by atoms with van der Waals surface area (Å²) in [5, 5.41) is 3.04. The number of nitrogens with one attached hydrogen (secondary N) is 1. The molecule has 1 aliphatic carbocycles. The molecule has 0 aromatic carbocycles. The number of aromatic nitrogens is 1. The quantitative estimate of drug-likeness (QED) is 0.835. The van der Waals surface area contributed by atoms with Crippen LogP contribution in [0.5, 0.6) is 0 Å². The van der Waals surface area contributed by atoms with Crippen LogP contribution in [0, 0.1) is 5.92 Å². The highest BCUT2D eigenvalue weighted by Crippen LogP contribution is 2.34. The fourth-order valence-corrected chi connectivity index (χ4v) is 5.11. The fraction of sp³-hybridized carbons (Fsp3) is 0.727. The molecule has 0 radical (unpaired) electrons. The van der Waals surface area contributed by atoms with Gasteiger partial charge in [-0.1, -0.05) is 25.3 Å². The summed E-state index contributed by atoms with van der Waals surface area (Å²) in [7, 11) is 0. The van der Waals surface area contributed by atoms with E-state index < -0.39 is 0 Å². The summed E-state index contributed by atoms with van der Waals surface area (Å²) >= 11 is 0. The van der Waals surface area contributed by atoms with Crippen molar-refractivity contribution >= 4 is 5.91 Å². The van der Waals surface area contributed by atoms with E-state index in [-0.39, 0.29) is 18.1 Å². The lowest BCUT2D eigenvalue weighted by atomic mass is 9.88. The molecule has 1 aromatic heterocycles. The molecule has 0 spiro atoms. The first-order chi connectivity index (χ1) is 13.3. The van der Waals surface area contributed by atoms with Crippen LogP contribution in [0.25, 0.3) is 0 Å². The van der Waals surface area contributed by atoms with Gasteiger partial charge in [0.25, 0.3) is 0 Å². The average molecular weight is 372 g/mol. The van der Waals surface area contributed by atoms with Crippen LogP contribution >= 0.6 is 0 Å². The van der Waals surface area contributed by atoms with Crippen LogP contribution in [0.3, 0.4) is 0 Å². The van der Waals surface area contributed by atoms with Gasteiger partial charge < -0.3 is 10.1 Å². The second-order valence-electron chi connectivity index (χ2n) is 8.46. The predicted octanol–water partition coefficient (Wildman–Crippen LogP) is 2.94. The first-order valence-corrected chi connectivity index (χ1v) is 10.9. The third-order valence-corrected chi connectivity index (χ3v) is 6.58. The van der Waals surface area contributed by atoms with Gasteiger partial charge in [-0.25, -0.2) is 0 Å². The number of pyridine rings is 1. The van der Waals surface area contributed by atoms with Crippen LogP contribution in [0.4, 0.5) is 0 Å². The van der Waals surface area contributed by atoms with Crippen LogP contribution in [0.2, 0.25) is 0 Å². The molecule has 3 aliphatic rings. The number of carbonyl (C=O) groups is 1. The number of nitrogens with zero attached hydrogens (tertiary/aromatic N) is 2. The molecule has 3 fully saturated rings. The molecule has 0 unspecified atom stereocenters. The van der Waals surface area contributed by atoms with Crippen molar-refractivity contribution in [2.24, 2.45) is 5.92 Å². The van der Waals surface area contributed by atoms with Gasteiger partial charge in [0, 0.05) is 44.0 Å². The Morgan fingerprint density at radius 3 is 2.85 bits per heavy atom. The number of amides is 1. The van der Waals surface area contributed by atoms with Crippen LogP contribution < -0.4 is 5.32 Å². The average Bonchev–Trinajstić information content (AvgIpc) is 3.11. The largest absolute Gasteiger partial charge is 0.363 e. The Morgan fingerprint density at radius 1 is 1.15 bits per heavy atom. The molecule has 148 valence electrons. The summed E-state index contributed by atoms with van der Waals surface area (Å²) < 4.78 is 6.22. The van der Waals surface area contributed by atoms with Crippen molar-refractivity contribution < 1.29 is 9.53 Å². The Labute approximate surface area is 162 Å². The molecular formula is C22H33N3O2. The Bertz CT molecular complexity index is 603. The van der Waals surface area contributed by atoms with Crippen molar-refractivity contribution in [2.75, 3.05) is 19.6 Å². The number of ether oxygens (including phenoxy) is 1. The first kappa shape index (κ1) is 18.9. The van der Waals surface area contributed by atoms with Crippen molar-refractivity contribution in [2.45, 2.75) is 76.0 Å². The van der Waals surface area contributed by atoms with E-state index in [2.05, 4.69) is 15.2 Å². The molecule has 5 nitrogen and oxygen atoms in total. The molecule has 3 atom stereocenters. The fourth-order valence-electron chi connectivity index (χ4n) is 5.11. The summed E-state index contributed by atoms with van der Waals surface area (Å²) in [6.45, 7) is 3.00. The van der Waals surface area contributed by atoms with Crippen LogP contribution in [0.15, 0.2) is 24.4 Å². The second kappa shape index (κ2) is 9.16. The van der Waals surface area contributed by atoms with Gasteiger partial charge in [-0.2, -0.15) is 0 Å². The smallest absolute Gasteiger partial charge is 0.249 e. The van der Waals surface area contributed by atoms with Gasteiger partial charge in [-0.05, 0) is 50.2 Å². The first-order valence-electron chi connectivity index (χ1n) is 10.9. The molecule has 2 saturated heterocycles. The van der Waals surface area contributed by atoms with E-state index in [1.807, 2.05) is 18.2 Å². The highest BCUT2D eigenvalue weighted by Gasteiger charge is 2.42. The third-order valence-electron chi connectivity index (χ3n) is 6.58. The Morgan fingerprint density at radius 2 is 2.04 bits per heavy atom. The zero-order chi connectivity index (χ0) is 18.5. The topological polar surface area (TPSA) is 54.5 Å². The molecule has 2 aliphatic heterocycles. The lowest BCUT2D eigenvalue weighted by molar-refractivity contribution is -0.143. The minimum absolute atomic E-state index is 0.0510. The van der Waals surface area contributed by atoms with Crippen LogP contribution in [-0.4, -0.2) is 53.7 Å². The van der Waals surface area contributed by atoms with E-state index >= 15 is 0 Å². The van der Waals surface area contributed by atoms with E-state index in [1.165, 1.54) is 38.6 Å². The van der Waals surface area contributed by atoms with E-state index in [4.69, 9.17) is 4.74 Å². The molecule has 1 amide bonds. The van der Waals surface area contributed by atoms with Gasteiger partial charge in [0.15, 0.2) is 0 Å². The van der Waals surface area contributed by atoms with E-state index in [0.717, 1.165) is 43.8 Å². The number of rotatable bonds is 6. The Kier molecular flexibility index (Phi) is 6.40. The molecule has 0 bridgehead atoms. The SMILES string of the molecule is O=C(NCCc1ccccn1)[C@H]1CC[C@@H]2[C@@H](CCN2CC2CCCCC2)O1. The van der Waals surface area contributed by atoms with E-state index in [1.54, 1.807) is 6.20 Å². The number of carbonyl (C=O) groups excluding carboxylic acids is 1. The molecule has 1 aromatic rings. The standard InChI is InChI=1S/C22H33N3O2/c26-22(24-14-11-18-8-4-5-13-23-18)21-10-9-19-20(27-21)12-15-25(19)16-17-6-2-1-3-7-17/h4-5,8,13,17,19-21H,1-3,6-7,9-12,14-16H2,(H,24,26)/t19-,20-,21-/m1/s1. The summed E-state index contributed by atoms with van der Waals surface area (Å²) in [5.74, 6) is 0.931. The summed E-state index contributed by atoms with van der Waals surface area (Å²) in [5.41, 5.74) is 1.01. The maximum Gasteiger partial charge on any atom is 0.249 e. The number of likely N-dealkylation sites (tertiary alicyclic amines) is 1. The summed E-state index contributed by atoms with van der Waals surface area (Å²) in [6.07, 6.45) is 12.6. The van der Waals surface area contributed by atoms with Gasteiger partial charge in [-0.15, -0.1) is 0 Å². The van der Waals surface area contributed by atoms with Crippen LogP contribution in [0.1, 0.15) is 57.1 Å². The Hall–Kier alpha value is -1.46. The lowest BCUT2D eigenvalue weighted by Gasteiger charge is -2.37. The molecule has 1 N–H and O–H groups in total. The van der Waals surface area contributed by atoms with Gasteiger partial charge in [0.1, 0.15) is 6.10 Å². The van der Waals surface area contributed by atoms with Crippen molar-refractivity contribution in [3.05, 3.63) is 30.1 Å². The minimum atomic E-state index is -0.274. The second-order valence-corrected chi connectivity index (χ2v) is 8.46. The van der Waals surface area contributed by atoms with Gasteiger partial charge in [-0.3, -0.25) is 14.7 Å². The van der Waals surface area contributed by atoms with Crippen molar-refractivity contribution in [1.29, 1.82) is 0 Å². The molecule has 1 saturated carbocycles. The monoisotopic (exact) mass is 371 g/mol. The number of fused-ring (bicyclic) bond motifs is 1. The van der Waals surface area contributed by atoms with Crippen molar-refractivity contribution in [3.8, 4) is 0 Å². The normalized spacial score (nSPS) is 29.4. The van der Waals surface area contributed by atoms with Crippen molar-refractivity contribution in [1.82, 2.24) is 15.2 Å². The highest BCUT2D eigenvalue weighted by molar-refractivity contribution is 5.80. The van der Waals surface area contributed by atoms with E-state index in [0.29, 0.717) is 12.6 Å². The number of hydrogen-bond donors (Lipinski definition) is 1. The lowest BCUT2D eigenvalue weighted by Crippen LogP contribution is -2.48. The highest BCUT2D eigenvalue weighted by atomic mass is 16.5. The summed E-state index contributed by atoms with van der Waals surface area (Å²) in [4.78, 5) is 19.5.